The number of nitrogens with zero attached hydrogens (tertiary/aromatic N) is 2. The van der Waals surface area contributed by atoms with E-state index in [-0.39, 0.29) is 18.0 Å². The number of rotatable bonds is 4. The van der Waals surface area contributed by atoms with Crippen molar-refractivity contribution in [2.24, 2.45) is 0 Å². The number of thiophene rings is 1. The van der Waals surface area contributed by atoms with Gasteiger partial charge in [-0.15, -0.1) is 11.3 Å². The summed E-state index contributed by atoms with van der Waals surface area (Å²) < 4.78 is 7.39. The monoisotopic (exact) mass is 525 g/mol. The van der Waals surface area contributed by atoms with E-state index in [9.17, 15) is 9.59 Å². The van der Waals surface area contributed by atoms with E-state index in [1.54, 1.807) is 31.2 Å². The van der Waals surface area contributed by atoms with Crippen molar-refractivity contribution in [1.29, 1.82) is 0 Å². The Morgan fingerprint density at radius 3 is 2.63 bits per heavy atom. The summed E-state index contributed by atoms with van der Waals surface area (Å²) in [6.45, 7) is 4.73. The Labute approximate surface area is 226 Å². The maximum atomic E-state index is 14.1. The molecule has 1 unspecified atom stereocenters. The molecule has 0 bridgehead atoms. The fourth-order valence-electron chi connectivity index (χ4n) is 5.68. The average molecular weight is 526 g/mol. The Morgan fingerprint density at radius 1 is 1.03 bits per heavy atom. The molecule has 0 saturated heterocycles. The van der Waals surface area contributed by atoms with Crippen LogP contribution in [0.25, 0.3) is 5.00 Å². The highest BCUT2D eigenvalue weighted by molar-refractivity contribution is 7.15. The molecule has 7 heteroatoms. The number of esters is 1. The number of hydrogen-bond donors (Lipinski definition) is 1. The number of ether oxygens (including phenoxy) is 1. The normalized spacial score (nSPS) is 16.2. The van der Waals surface area contributed by atoms with Gasteiger partial charge in [-0.05, 0) is 87.1 Å². The Balaban J connectivity index is 1.41. The zero-order valence-electron chi connectivity index (χ0n) is 21.7. The Kier molecular flexibility index (Phi) is 6.54. The number of hydrogen-bond acceptors (Lipinski definition) is 4. The van der Waals surface area contributed by atoms with Crippen LogP contribution in [0.2, 0.25) is 0 Å². The van der Waals surface area contributed by atoms with Crippen molar-refractivity contribution in [2.75, 3.05) is 11.9 Å². The van der Waals surface area contributed by atoms with Gasteiger partial charge < -0.3 is 19.5 Å². The maximum Gasteiger partial charge on any atom is 0.338 e. The van der Waals surface area contributed by atoms with Crippen LogP contribution in [0.3, 0.4) is 0 Å². The predicted molar refractivity (Wildman–Crippen MR) is 150 cm³/mol. The lowest BCUT2D eigenvalue weighted by Gasteiger charge is -2.31. The number of aromatic nitrogens is 1. The van der Waals surface area contributed by atoms with E-state index in [0.717, 1.165) is 29.7 Å². The van der Waals surface area contributed by atoms with E-state index in [4.69, 9.17) is 4.74 Å². The summed E-state index contributed by atoms with van der Waals surface area (Å²) in [5.41, 5.74) is 7.12. The highest BCUT2D eigenvalue weighted by atomic mass is 32.1. The van der Waals surface area contributed by atoms with Gasteiger partial charge in [-0.1, -0.05) is 29.8 Å². The third-order valence-electron chi connectivity index (χ3n) is 7.44. The number of urea groups is 1. The summed E-state index contributed by atoms with van der Waals surface area (Å²) >= 11 is 1.89. The molecule has 0 saturated carbocycles. The zero-order valence-corrected chi connectivity index (χ0v) is 22.5. The maximum absolute atomic E-state index is 14.1. The number of aryl methyl sites for hydroxylation is 2. The minimum atomic E-state index is -0.368. The molecule has 0 spiro atoms. The lowest BCUT2D eigenvalue weighted by Crippen LogP contribution is -2.38. The quantitative estimate of drug-likeness (QED) is 0.291. The third kappa shape index (κ3) is 4.41. The highest BCUT2D eigenvalue weighted by Crippen LogP contribution is 2.44. The van der Waals surface area contributed by atoms with Crippen LogP contribution in [0.15, 0.2) is 66.9 Å². The first-order chi connectivity index (χ1) is 18.5. The fraction of sp³-hybridized carbons (Fsp3) is 0.290. The summed E-state index contributed by atoms with van der Waals surface area (Å²) in [6.07, 6.45) is 6.73. The molecule has 38 heavy (non-hydrogen) atoms. The Bertz CT molecular complexity index is 1500. The number of nitrogens with one attached hydrogen (secondary N) is 1. The van der Waals surface area contributed by atoms with Gasteiger partial charge >= 0.3 is 12.0 Å². The topological polar surface area (TPSA) is 63.6 Å². The third-order valence-corrected chi connectivity index (χ3v) is 8.78. The molecular weight excluding hydrogens is 494 g/mol. The second-order valence-corrected chi connectivity index (χ2v) is 11.1. The van der Waals surface area contributed by atoms with E-state index in [1.807, 2.05) is 16.2 Å². The van der Waals surface area contributed by atoms with Crippen LogP contribution < -0.4 is 5.32 Å². The summed E-state index contributed by atoms with van der Waals surface area (Å²) in [5.74, 6) is -0.368. The summed E-state index contributed by atoms with van der Waals surface area (Å²) in [5, 5.41) is 4.35. The van der Waals surface area contributed by atoms with Gasteiger partial charge in [0.1, 0.15) is 5.00 Å². The van der Waals surface area contributed by atoms with Gasteiger partial charge in [0.05, 0.1) is 30.5 Å². The van der Waals surface area contributed by atoms with E-state index in [2.05, 4.69) is 59.4 Å². The molecule has 1 atom stereocenters. The van der Waals surface area contributed by atoms with Crippen LogP contribution in [-0.4, -0.2) is 28.1 Å². The number of carbonyl (C=O) groups is 2. The SMILES string of the molecule is CCOC(=O)c1ccc(NC(=O)N2Cc3c(sc4c3CCCC4)-n3cccc3C2c2cccc(C)c2)cc1. The Hall–Kier alpha value is -3.84. The van der Waals surface area contributed by atoms with Crippen LogP contribution in [0.4, 0.5) is 10.5 Å². The minimum Gasteiger partial charge on any atom is -0.462 e. The highest BCUT2D eigenvalue weighted by Gasteiger charge is 2.36. The molecule has 3 heterocycles. The molecule has 2 aliphatic rings. The molecule has 2 aromatic heterocycles. The lowest BCUT2D eigenvalue weighted by molar-refractivity contribution is 0.0526. The van der Waals surface area contributed by atoms with Crippen LogP contribution >= 0.6 is 11.3 Å². The second kappa shape index (κ2) is 10.1. The first-order valence-electron chi connectivity index (χ1n) is 13.3. The number of anilines is 1. The molecule has 6 rings (SSSR count). The zero-order chi connectivity index (χ0) is 26.2. The van der Waals surface area contributed by atoms with Crippen LogP contribution in [0.5, 0.6) is 0 Å². The molecular formula is C31H31N3O3S. The molecule has 6 nitrogen and oxygen atoms in total. The summed E-state index contributed by atoms with van der Waals surface area (Å²) in [7, 11) is 0. The molecule has 0 fully saturated rings. The molecule has 1 N–H and O–H groups in total. The van der Waals surface area contributed by atoms with Crippen molar-refractivity contribution in [3.8, 4) is 5.00 Å². The first kappa shape index (κ1) is 24.5. The van der Waals surface area contributed by atoms with Gasteiger partial charge in [0.25, 0.3) is 0 Å². The van der Waals surface area contributed by atoms with E-state index in [0.29, 0.717) is 24.4 Å². The first-order valence-corrected chi connectivity index (χ1v) is 14.1. The van der Waals surface area contributed by atoms with Crippen molar-refractivity contribution >= 4 is 29.0 Å². The predicted octanol–water partition coefficient (Wildman–Crippen LogP) is 7.04. The van der Waals surface area contributed by atoms with Crippen LogP contribution in [0.1, 0.15) is 69.0 Å². The van der Waals surface area contributed by atoms with Gasteiger partial charge in [-0.3, -0.25) is 0 Å². The van der Waals surface area contributed by atoms with Crippen molar-refractivity contribution < 1.29 is 14.3 Å². The fourth-order valence-corrected chi connectivity index (χ4v) is 7.08. The molecule has 2 amide bonds. The van der Waals surface area contributed by atoms with Crippen LogP contribution in [0, 0.1) is 6.92 Å². The molecule has 4 aromatic rings. The number of carbonyl (C=O) groups excluding carboxylic acids is 2. The van der Waals surface area contributed by atoms with Crippen LogP contribution in [-0.2, 0) is 24.1 Å². The van der Waals surface area contributed by atoms with Crippen molar-refractivity contribution in [3.05, 3.63) is 105 Å². The van der Waals surface area contributed by atoms with Crippen molar-refractivity contribution in [3.63, 3.8) is 0 Å². The van der Waals surface area contributed by atoms with E-state index >= 15 is 0 Å². The molecule has 0 radical (unpaired) electrons. The average Bonchev–Trinajstić information content (AvgIpc) is 3.51. The molecule has 1 aliphatic heterocycles. The van der Waals surface area contributed by atoms with Crippen molar-refractivity contribution in [2.45, 2.75) is 52.1 Å². The molecule has 1 aliphatic carbocycles. The molecule has 2 aromatic carbocycles. The smallest absolute Gasteiger partial charge is 0.338 e. The van der Waals surface area contributed by atoms with Gasteiger partial charge in [0.2, 0.25) is 0 Å². The van der Waals surface area contributed by atoms with Gasteiger partial charge in [0, 0.05) is 22.3 Å². The summed E-state index contributed by atoms with van der Waals surface area (Å²) in [6, 6.07) is 19.1. The number of amides is 2. The van der Waals surface area contributed by atoms with E-state index in [1.165, 1.54) is 33.8 Å². The van der Waals surface area contributed by atoms with E-state index < -0.39 is 0 Å². The van der Waals surface area contributed by atoms with Gasteiger partial charge in [-0.2, -0.15) is 0 Å². The largest absolute Gasteiger partial charge is 0.462 e. The van der Waals surface area contributed by atoms with Gasteiger partial charge in [0.15, 0.2) is 0 Å². The minimum absolute atomic E-state index is 0.170. The Morgan fingerprint density at radius 2 is 1.84 bits per heavy atom. The summed E-state index contributed by atoms with van der Waals surface area (Å²) in [4.78, 5) is 29.6. The molecule has 194 valence electrons. The standard InChI is InChI=1S/C31H31N3O3S/c1-3-37-30(35)21-13-15-23(16-14-21)32-31(36)34-19-25-24-10-4-5-12-27(24)38-29(25)33-17-7-11-26(33)28(34)22-9-6-8-20(2)18-22/h6-9,11,13-18,28H,3-5,10,12,19H2,1-2H3,(H,32,36). The van der Waals surface area contributed by atoms with Crippen molar-refractivity contribution in [1.82, 2.24) is 9.47 Å². The second-order valence-electron chi connectivity index (χ2n) is 9.97. The number of benzene rings is 2. The lowest BCUT2D eigenvalue weighted by atomic mass is 9.95. The van der Waals surface area contributed by atoms with Gasteiger partial charge in [-0.25, -0.2) is 9.59 Å². The number of fused-ring (bicyclic) bond motifs is 5.